The molecule has 0 bridgehead atoms. The smallest absolute Gasteiger partial charge is 0.219 e. The highest BCUT2D eigenvalue weighted by molar-refractivity contribution is 6.00. The molecule has 0 saturated carbocycles. The summed E-state index contributed by atoms with van der Waals surface area (Å²) in [6.45, 7) is 4.17. The van der Waals surface area contributed by atoms with E-state index < -0.39 is 6.04 Å². The normalized spacial score (nSPS) is 20.7. The van der Waals surface area contributed by atoms with Crippen molar-refractivity contribution < 1.29 is 18.9 Å². The molecular weight excluding hydrogens is 348 g/mol. The zero-order valence-electron chi connectivity index (χ0n) is 15.8. The molecule has 8 nitrogen and oxygen atoms in total. The summed E-state index contributed by atoms with van der Waals surface area (Å²) in [6.07, 6.45) is 1.20. The van der Waals surface area contributed by atoms with Crippen LogP contribution in [0.3, 0.4) is 0 Å². The fourth-order valence-corrected chi connectivity index (χ4v) is 3.74. The molecule has 2 aromatic rings. The molecule has 8 heteroatoms. The van der Waals surface area contributed by atoms with Gasteiger partial charge in [0, 0.05) is 23.8 Å². The summed E-state index contributed by atoms with van der Waals surface area (Å²) in [5.74, 6) is 2.32. The summed E-state index contributed by atoms with van der Waals surface area (Å²) >= 11 is 0. The van der Waals surface area contributed by atoms with Gasteiger partial charge in [-0.15, -0.1) is 0 Å². The predicted molar refractivity (Wildman–Crippen MR) is 98.9 cm³/mol. The van der Waals surface area contributed by atoms with Gasteiger partial charge < -0.3 is 20.1 Å². The molecule has 0 spiro atoms. The Kier molecular flexibility index (Phi) is 4.05. The average Bonchev–Trinajstić information content (AvgIpc) is 2.99. The van der Waals surface area contributed by atoms with Crippen molar-refractivity contribution in [2.75, 3.05) is 24.9 Å². The van der Waals surface area contributed by atoms with Crippen LogP contribution in [0, 0.1) is 5.41 Å². The van der Waals surface area contributed by atoms with Crippen LogP contribution in [0.5, 0.6) is 11.5 Å². The first-order valence-corrected chi connectivity index (χ1v) is 8.75. The number of ether oxygens (including phenoxy) is 2. The molecule has 2 aliphatic rings. The van der Waals surface area contributed by atoms with Gasteiger partial charge in [0.2, 0.25) is 11.6 Å². The quantitative estimate of drug-likeness (QED) is 0.849. The summed E-state index contributed by atoms with van der Waals surface area (Å²) in [4.78, 5) is 13.1. The Hall–Kier alpha value is -3.03. The number of aromatic nitrogens is 2. The highest BCUT2D eigenvalue weighted by Gasteiger charge is 2.40. The molecule has 2 heterocycles. The van der Waals surface area contributed by atoms with Crippen molar-refractivity contribution in [1.82, 2.24) is 10.3 Å². The average molecular weight is 370 g/mol. The minimum atomic E-state index is -0.423. The molecule has 27 heavy (non-hydrogen) atoms. The van der Waals surface area contributed by atoms with E-state index in [1.54, 1.807) is 20.3 Å². The summed E-state index contributed by atoms with van der Waals surface area (Å²) < 4.78 is 15.7. The van der Waals surface area contributed by atoms with E-state index in [2.05, 4.69) is 34.8 Å². The standard InChI is InChI=1S/C19H22N4O4/c1-19(2)8-13-15(14(24)9-19)16(21-18-17(20-13)22-27-23-18)10-5-11(25-3)7-12(6-10)26-4/h5-7,16H,8-9H2,1-4H3,(H,20,22)(H,21,23)/t16-/m1/s1. The third-order valence-electron chi connectivity index (χ3n) is 4.95. The van der Waals surface area contributed by atoms with Crippen LogP contribution in [0.1, 0.15) is 38.3 Å². The van der Waals surface area contributed by atoms with Gasteiger partial charge in [-0.3, -0.25) is 4.79 Å². The van der Waals surface area contributed by atoms with Gasteiger partial charge in [0.05, 0.1) is 20.3 Å². The van der Waals surface area contributed by atoms with E-state index in [-0.39, 0.29) is 11.2 Å². The van der Waals surface area contributed by atoms with Crippen LogP contribution >= 0.6 is 0 Å². The van der Waals surface area contributed by atoms with Crippen LogP contribution in [0.25, 0.3) is 0 Å². The Morgan fingerprint density at radius 3 is 2.41 bits per heavy atom. The molecule has 1 aliphatic carbocycles. The van der Waals surface area contributed by atoms with Gasteiger partial charge >= 0.3 is 0 Å². The zero-order chi connectivity index (χ0) is 19.2. The van der Waals surface area contributed by atoms with Crippen LogP contribution < -0.4 is 20.1 Å². The second-order valence-corrected chi connectivity index (χ2v) is 7.64. The minimum absolute atomic E-state index is 0.0927. The van der Waals surface area contributed by atoms with Crippen LogP contribution in [-0.4, -0.2) is 30.3 Å². The largest absolute Gasteiger partial charge is 0.497 e. The number of allylic oxidation sites excluding steroid dienone is 1. The van der Waals surface area contributed by atoms with Crippen molar-refractivity contribution in [3.8, 4) is 11.5 Å². The number of ketones is 1. The number of benzene rings is 1. The second-order valence-electron chi connectivity index (χ2n) is 7.64. The summed E-state index contributed by atoms with van der Waals surface area (Å²) in [7, 11) is 3.19. The lowest BCUT2D eigenvalue weighted by Crippen LogP contribution is -2.31. The number of Topliss-reactive ketones (excluding diaryl/α,β-unsaturated/α-hetero) is 1. The van der Waals surface area contributed by atoms with Crippen LogP contribution in [0.15, 0.2) is 34.1 Å². The SMILES string of the molecule is COc1cc(OC)cc([C@H]2Nc3nonc3NC3=C2C(=O)CC(C)(C)C3)c1. The Balaban J connectivity index is 1.88. The molecule has 1 aromatic heterocycles. The van der Waals surface area contributed by atoms with E-state index in [4.69, 9.17) is 14.1 Å². The lowest BCUT2D eigenvalue weighted by Gasteiger charge is -2.34. The lowest BCUT2D eigenvalue weighted by atomic mass is 9.73. The Morgan fingerprint density at radius 1 is 1.07 bits per heavy atom. The molecule has 1 aliphatic heterocycles. The second kappa shape index (κ2) is 6.29. The van der Waals surface area contributed by atoms with Crippen LogP contribution in [0.2, 0.25) is 0 Å². The van der Waals surface area contributed by atoms with E-state index in [9.17, 15) is 4.79 Å². The van der Waals surface area contributed by atoms with Gasteiger partial charge in [-0.25, -0.2) is 4.63 Å². The third-order valence-corrected chi connectivity index (χ3v) is 4.95. The van der Waals surface area contributed by atoms with Crippen molar-refractivity contribution >= 4 is 17.4 Å². The van der Waals surface area contributed by atoms with Gasteiger partial charge in [-0.05, 0) is 39.8 Å². The van der Waals surface area contributed by atoms with E-state index in [0.29, 0.717) is 35.1 Å². The molecule has 0 fully saturated rings. The molecule has 2 N–H and O–H groups in total. The summed E-state index contributed by atoms with van der Waals surface area (Å²) in [6, 6.07) is 5.14. The molecule has 0 amide bonds. The maximum atomic E-state index is 13.1. The number of methoxy groups -OCH3 is 2. The maximum absolute atomic E-state index is 13.1. The number of nitrogens with one attached hydrogen (secondary N) is 2. The highest BCUT2D eigenvalue weighted by Crippen LogP contribution is 2.45. The van der Waals surface area contributed by atoms with Gasteiger partial charge in [0.25, 0.3) is 0 Å². The van der Waals surface area contributed by atoms with Crippen molar-refractivity contribution in [1.29, 1.82) is 0 Å². The Labute approximate surface area is 156 Å². The monoisotopic (exact) mass is 370 g/mol. The number of carbonyl (C=O) groups is 1. The molecule has 1 atom stereocenters. The maximum Gasteiger partial charge on any atom is 0.219 e. The Morgan fingerprint density at radius 2 is 1.74 bits per heavy atom. The predicted octanol–water partition coefficient (Wildman–Crippen LogP) is 3.31. The number of fused-ring (bicyclic) bond motifs is 1. The number of hydrogen-bond donors (Lipinski definition) is 2. The van der Waals surface area contributed by atoms with Crippen molar-refractivity contribution in [3.63, 3.8) is 0 Å². The van der Waals surface area contributed by atoms with E-state index in [1.807, 2.05) is 12.1 Å². The summed E-state index contributed by atoms with van der Waals surface area (Å²) in [5, 5.41) is 14.4. The number of hydrogen-bond acceptors (Lipinski definition) is 8. The first kappa shape index (κ1) is 17.4. The highest BCUT2D eigenvalue weighted by atomic mass is 16.6. The van der Waals surface area contributed by atoms with E-state index in [0.717, 1.165) is 17.7 Å². The van der Waals surface area contributed by atoms with Crippen molar-refractivity contribution in [3.05, 3.63) is 35.0 Å². The topological polar surface area (TPSA) is 98.5 Å². The van der Waals surface area contributed by atoms with Gasteiger partial charge in [-0.2, -0.15) is 0 Å². The van der Waals surface area contributed by atoms with Crippen LogP contribution in [-0.2, 0) is 4.79 Å². The number of anilines is 2. The zero-order valence-corrected chi connectivity index (χ0v) is 15.8. The lowest BCUT2D eigenvalue weighted by molar-refractivity contribution is -0.118. The molecule has 1 aromatic carbocycles. The summed E-state index contributed by atoms with van der Waals surface area (Å²) in [5.41, 5.74) is 2.22. The number of carbonyl (C=O) groups excluding carboxylic acids is 1. The van der Waals surface area contributed by atoms with Gasteiger partial charge in [0.15, 0.2) is 5.78 Å². The molecule has 142 valence electrons. The molecule has 0 unspecified atom stereocenters. The fourth-order valence-electron chi connectivity index (χ4n) is 3.74. The van der Waals surface area contributed by atoms with E-state index in [1.165, 1.54) is 0 Å². The number of rotatable bonds is 3. The molecule has 4 rings (SSSR count). The Bertz CT molecular complexity index is 909. The fraction of sp³-hybridized carbons (Fsp3) is 0.421. The van der Waals surface area contributed by atoms with Gasteiger partial charge in [-0.1, -0.05) is 13.8 Å². The number of nitrogens with zero attached hydrogens (tertiary/aromatic N) is 2. The third kappa shape index (κ3) is 3.11. The van der Waals surface area contributed by atoms with Crippen molar-refractivity contribution in [2.24, 2.45) is 5.41 Å². The van der Waals surface area contributed by atoms with E-state index >= 15 is 0 Å². The molecule has 0 radical (unpaired) electrons. The first-order chi connectivity index (χ1) is 12.9. The van der Waals surface area contributed by atoms with Crippen LogP contribution in [0.4, 0.5) is 11.6 Å². The molecular formula is C19H22N4O4. The first-order valence-electron chi connectivity index (χ1n) is 8.75. The molecule has 0 saturated heterocycles. The van der Waals surface area contributed by atoms with Gasteiger partial charge in [0.1, 0.15) is 11.5 Å². The van der Waals surface area contributed by atoms with Crippen molar-refractivity contribution in [2.45, 2.75) is 32.7 Å². The minimum Gasteiger partial charge on any atom is -0.497 e.